The van der Waals surface area contributed by atoms with E-state index in [2.05, 4.69) is 15.0 Å². The van der Waals surface area contributed by atoms with Crippen molar-refractivity contribution in [1.29, 1.82) is 0 Å². The van der Waals surface area contributed by atoms with Gasteiger partial charge in [0.15, 0.2) is 0 Å². The fourth-order valence-electron chi connectivity index (χ4n) is 1.46. The Labute approximate surface area is 121 Å². The number of aromatic nitrogens is 3. The van der Waals surface area contributed by atoms with Crippen LogP contribution in [0.1, 0.15) is 31.1 Å². The molecule has 0 aliphatic heterocycles. The van der Waals surface area contributed by atoms with Gasteiger partial charge in [0.1, 0.15) is 17.3 Å². The summed E-state index contributed by atoms with van der Waals surface area (Å²) in [5.74, 6) is 0.979. The Balaban J connectivity index is 0.00000106. The molecule has 2 rings (SSSR count). The van der Waals surface area contributed by atoms with Crippen LogP contribution in [0.3, 0.4) is 0 Å². The van der Waals surface area contributed by atoms with E-state index in [0.717, 1.165) is 12.3 Å². The SMILES string of the molecule is CC.Cc1cc(Oc2ccc(C(F)(F)F)nc2)nc(C)n1. The smallest absolute Gasteiger partial charge is 0.433 e. The van der Waals surface area contributed by atoms with Crippen LogP contribution in [-0.2, 0) is 6.18 Å². The second-order valence-electron chi connectivity index (χ2n) is 3.87. The molecule has 0 aromatic carbocycles. The quantitative estimate of drug-likeness (QED) is 0.828. The van der Waals surface area contributed by atoms with Crippen LogP contribution >= 0.6 is 0 Å². The Morgan fingerprint density at radius 2 is 1.71 bits per heavy atom. The van der Waals surface area contributed by atoms with Crippen molar-refractivity contribution in [1.82, 2.24) is 15.0 Å². The number of halogens is 3. The normalized spacial score (nSPS) is 10.6. The van der Waals surface area contributed by atoms with Gasteiger partial charge in [-0.1, -0.05) is 13.8 Å². The summed E-state index contributed by atoms with van der Waals surface area (Å²) in [6.45, 7) is 7.47. The number of ether oxygens (including phenoxy) is 1. The summed E-state index contributed by atoms with van der Waals surface area (Å²) in [5, 5.41) is 0. The molecule has 0 fully saturated rings. The average molecular weight is 299 g/mol. The van der Waals surface area contributed by atoms with Crippen molar-refractivity contribution >= 4 is 0 Å². The van der Waals surface area contributed by atoms with E-state index >= 15 is 0 Å². The molecule has 0 bridgehead atoms. The van der Waals surface area contributed by atoms with E-state index in [0.29, 0.717) is 11.5 Å². The lowest BCUT2D eigenvalue weighted by Crippen LogP contribution is -2.07. The summed E-state index contributed by atoms with van der Waals surface area (Å²) < 4.78 is 42.3. The molecule has 2 heterocycles. The lowest BCUT2D eigenvalue weighted by molar-refractivity contribution is -0.141. The van der Waals surface area contributed by atoms with Gasteiger partial charge in [0.25, 0.3) is 0 Å². The predicted molar refractivity (Wildman–Crippen MR) is 72.2 cm³/mol. The molecule has 0 aliphatic carbocycles. The van der Waals surface area contributed by atoms with Crippen molar-refractivity contribution < 1.29 is 17.9 Å². The first kappa shape index (κ1) is 16.9. The Kier molecular flexibility index (Phi) is 5.63. The average Bonchev–Trinajstić information content (AvgIpc) is 2.39. The Bertz CT molecular complexity index is 563. The highest BCUT2D eigenvalue weighted by molar-refractivity contribution is 5.26. The molecule has 0 spiro atoms. The number of alkyl halides is 3. The van der Waals surface area contributed by atoms with Gasteiger partial charge in [-0.2, -0.15) is 18.2 Å². The van der Waals surface area contributed by atoms with E-state index in [9.17, 15) is 13.2 Å². The van der Waals surface area contributed by atoms with Crippen LogP contribution in [0.25, 0.3) is 0 Å². The third-order valence-corrected chi connectivity index (χ3v) is 2.19. The minimum absolute atomic E-state index is 0.186. The van der Waals surface area contributed by atoms with E-state index in [1.807, 2.05) is 13.8 Å². The second kappa shape index (κ2) is 7.01. The summed E-state index contributed by atoms with van der Waals surface area (Å²) in [6, 6.07) is 3.64. The molecule has 0 radical (unpaired) electrons. The predicted octanol–water partition coefficient (Wildman–Crippen LogP) is 4.33. The molecule has 0 unspecified atom stereocenters. The molecule has 0 atom stereocenters. The first-order chi connectivity index (χ1) is 9.84. The second-order valence-corrected chi connectivity index (χ2v) is 3.87. The van der Waals surface area contributed by atoms with E-state index in [1.165, 1.54) is 6.07 Å². The van der Waals surface area contributed by atoms with Gasteiger partial charge in [0, 0.05) is 11.8 Å². The van der Waals surface area contributed by atoms with E-state index < -0.39 is 11.9 Å². The molecule has 4 nitrogen and oxygen atoms in total. The van der Waals surface area contributed by atoms with Gasteiger partial charge in [-0.25, -0.2) is 9.97 Å². The molecule has 0 saturated carbocycles. The standard InChI is InChI=1S/C12H10F3N3O.C2H6/c1-7-5-11(18-8(2)17-7)19-9-3-4-10(16-6-9)12(13,14)15;1-2/h3-6H,1-2H3;1-2H3. The number of rotatable bonds is 2. The van der Waals surface area contributed by atoms with Crippen molar-refractivity contribution in [3.63, 3.8) is 0 Å². The van der Waals surface area contributed by atoms with Crippen molar-refractivity contribution in [3.05, 3.63) is 41.6 Å². The van der Waals surface area contributed by atoms with Gasteiger partial charge in [-0.15, -0.1) is 0 Å². The molecule has 2 aromatic heterocycles. The third kappa shape index (κ3) is 5.02. The molecule has 21 heavy (non-hydrogen) atoms. The zero-order valence-electron chi connectivity index (χ0n) is 12.2. The van der Waals surface area contributed by atoms with E-state index in [-0.39, 0.29) is 11.6 Å². The summed E-state index contributed by atoms with van der Waals surface area (Å²) >= 11 is 0. The van der Waals surface area contributed by atoms with Crippen LogP contribution in [-0.4, -0.2) is 15.0 Å². The lowest BCUT2D eigenvalue weighted by Gasteiger charge is -2.08. The number of hydrogen-bond acceptors (Lipinski definition) is 4. The van der Waals surface area contributed by atoms with Crippen LogP contribution in [0.5, 0.6) is 11.6 Å². The number of pyridine rings is 1. The first-order valence-electron chi connectivity index (χ1n) is 6.38. The van der Waals surface area contributed by atoms with Crippen LogP contribution < -0.4 is 4.74 Å². The number of nitrogens with zero attached hydrogens (tertiary/aromatic N) is 3. The van der Waals surface area contributed by atoms with Gasteiger partial charge in [0.2, 0.25) is 5.88 Å². The topological polar surface area (TPSA) is 47.9 Å². The highest BCUT2D eigenvalue weighted by Gasteiger charge is 2.32. The van der Waals surface area contributed by atoms with Gasteiger partial charge in [-0.05, 0) is 26.0 Å². The molecule has 0 saturated heterocycles. The van der Waals surface area contributed by atoms with Crippen LogP contribution in [0.4, 0.5) is 13.2 Å². The van der Waals surface area contributed by atoms with Crippen molar-refractivity contribution in [2.45, 2.75) is 33.9 Å². The Morgan fingerprint density at radius 3 is 2.19 bits per heavy atom. The van der Waals surface area contributed by atoms with Gasteiger partial charge in [-0.3, -0.25) is 0 Å². The van der Waals surface area contributed by atoms with Crippen molar-refractivity contribution in [2.24, 2.45) is 0 Å². The Morgan fingerprint density at radius 1 is 1.05 bits per heavy atom. The molecule has 0 amide bonds. The maximum absolute atomic E-state index is 12.3. The molecule has 2 aromatic rings. The van der Waals surface area contributed by atoms with E-state index in [4.69, 9.17) is 4.74 Å². The molecule has 7 heteroatoms. The number of aryl methyl sites for hydroxylation is 2. The molecule has 114 valence electrons. The molecule has 0 aliphatic rings. The summed E-state index contributed by atoms with van der Waals surface area (Å²) in [6.07, 6.45) is -3.45. The molecular formula is C14H16F3N3O. The van der Waals surface area contributed by atoms with Crippen LogP contribution in [0.15, 0.2) is 24.4 Å². The maximum Gasteiger partial charge on any atom is 0.433 e. The third-order valence-electron chi connectivity index (χ3n) is 2.19. The highest BCUT2D eigenvalue weighted by atomic mass is 19.4. The van der Waals surface area contributed by atoms with Gasteiger partial charge >= 0.3 is 6.18 Å². The number of hydrogen-bond donors (Lipinski definition) is 0. The van der Waals surface area contributed by atoms with Crippen molar-refractivity contribution in [2.75, 3.05) is 0 Å². The first-order valence-corrected chi connectivity index (χ1v) is 6.38. The summed E-state index contributed by atoms with van der Waals surface area (Å²) in [4.78, 5) is 11.4. The zero-order valence-corrected chi connectivity index (χ0v) is 12.2. The minimum atomic E-state index is -4.46. The maximum atomic E-state index is 12.3. The minimum Gasteiger partial charge on any atom is -0.437 e. The summed E-state index contributed by atoms with van der Waals surface area (Å²) in [7, 11) is 0. The van der Waals surface area contributed by atoms with E-state index in [1.54, 1.807) is 19.9 Å². The molecule has 0 N–H and O–H groups in total. The van der Waals surface area contributed by atoms with Crippen molar-refractivity contribution in [3.8, 4) is 11.6 Å². The van der Waals surface area contributed by atoms with Crippen LogP contribution in [0, 0.1) is 13.8 Å². The fourth-order valence-corrected chi connectivity index (χ4v) is 1.46. The zero-order chi connectivity index (χ0) is 16.0. The van der Waals surface area contributed by atoms with Crippen LogP contribution in [0.2, 0.25) is 0 Å². The van der Waals surface area contributed by atoms with Gasteiger partial charge < -0.3 is 4.74 Å². The molecular weight excluding hydrogens is 283 g/mol. The summed E-state index contributed by atoms with van der Waals surface area (Å²) in [5.41, 5.74) is -0.253. The Hall–Kier alpha value is -2.18. The van der Waals surface area contributed by atoms with Gasteiger partial charge in [0.05, 0.1) is 6.20 Å². The highest BCUT2D eigenvalue weighted by Crippen LogP contribution is 2.29. The fraction of sp³-hybridized carbons (Fsp3) is 0.357. The lowest BCUT2D eigenvalue weighted by atomic mass is 10.3. The monoisotopic (exact) mass is 299 g/mol. The largest absolute Gasteiger partial charge is 0.437 e.